The van der Waals surface area contributed by atoms with Crippen molar-refractivity contribution < 1.29 is 53.6 Å². The Hall–Kier alpha value is -6.26. The molecule has 3 fully saturated rings. The molecule has 0 saturated carbocycles. The minimum absolute atomic E-state index is 0. The van der Waals surface area contributed by atoms with Gasteiger partial charge < -0.3 is 30.4 Å². The third-order valence-corrected chi connectivity index (χ3v) is 12.4. The van der Waals surface area contributed by atoms with Crippen LogP contribution in [0.2, 0.25) is 0 Å². The molecule has 1 atom stereocenters. The number of ketones is 2. The topological polar surface area (TPSA) is 258 Å². The fourth-order valence-corrected chi connectivity index (χ4v) is 8.33. The number of anilines is 2. The van der Waals surface area contributed by atoms with E-state index in [1.54, 1.807) is 41.3 Å². The van der Waals surface area contributed by atoms with Crippen LogP contribution in [0.4, 0.5) is 10.3 Å². The van der Waals surface area contributed by atoms with Crippen molar-refractivity contribution in [2.45, 2.75) is 99.7 Å². The van der Waals surface area contributed by atoms with E-state index in [2.05, 4.69) is 25.9 Å². The Morgan fingerprint density at radius 1 is 0.605 bits per heavy atom. The summed E-state index contributed by atoms with van der Waals surface area (Å²) >= 11 is 2.70. The van der Waals surface area contributed by atoms with Crippen molar-refractivity contribution in [1.29, 1.82) is 0 Å². The number of thiazole rings is 2. The van der Waals surface area contributed by atoms with Crippen LogP contribution >= 0.6 is 44.2 Å². The van der Waals surface area contributed by atoms with Gasteiger partial charge in [-0.05, 0) is 48.5 Å². The largest absolute Gasteiger partial charge is 0.478 e. The zero-order valence-electron chi connectivity index (χ0n) is 47.8. The number of likely N-dealkylation sites (tertiary alicyclic amines) is 1. The van der Waals surface area contributed by atoms with Gasteiger partial charge >= 0.3 is 26.7 Å². The molecule has 5 heterocycles. The van der Waals surface area contributed by atoms with Gasteiger partial charge in [0.25, 0.3) is 17.7 Å². The number of nitrogens with one attached hydrogen (secondary N) is 3. The van der Waals surface area contributed by atoms with Gasteiger partial charge in [0.15, 0.2) is 16.1 Å². The fourth-order valence-electron chi connectivity index (χ4n) is 6.90. The molecule has 23 heteroatoms. The summed E-state index contributed by atoms with van der Waals surface area (Å²) in [5.74, 6) is -2.58. The van der Waals surface area contributed by atoms with E-state index in [0.717, 1.165) is 35.6 Å². The van der Waals surface area contributed by atoms with Crippen LogP contribution in [0.1, 0.15) is 135 Å². The smallest absolute Gasteiger partial charge is 0.335 e. The van der Waals surface area contributed by atoms with E-state index >= 15 is 0 Å². The van der Waals surface area contributed by atoms with Crippen molar-refractivity contribution in [2.75, 3.05) is 57.0 Å². The summed E-state index contributed by atoms with van der Waals surface area (Å²) in [6, 6.07) is 31.7. The number of carbonyl (C=O) groups is 6. The number of amides is 3. The summed E-state index contributed by atoms with van der Waals surface area (Å²) in [6.45, 7) is 20.5. The second kappa shape index (κ2) is 43.5. The first-order chi connectivity index (χ1) is 38.7. The molecule has 6 N–H and O–H groups in total. The Morgan fingerprint density at radius 2 is 0.951 bits per heavy atom. The molecule has 1 unspecified atom stereocenters. The number of rotatable bonds is 9. The van der Waals surface area contributed by atoms with E-state index in [-0.39, 0.29) is 41.5 Å². The molecule has 440 valence electrons. The SMILES string of the molecule is CC.CC.CC.CC.CON1CCC(=O)CC1.Cl.O=BP.O=C(O)c1ccc(C(=O)Nc2nc(-c3ccccc3)cs2)cc1.O=C1CCN(C(=O)c2ccc(C(=O)Nc3nc(-c4ccccc4)cs3)cc2)CC1.OC1(O)CCNCC1. The minimum atomic E-state index is -1.38. The maximum Gasteiger partial charge on any atom is 0.335 e. The van der Waals surface area contributed by atoms with E-state index in [4.69, 9.17) is 24.9 Å². The monoisotopic (exact) mass is 1190 g/mol. The molecule has 2 aromatic heterocycles. The van der Waals surface area contributed by atoms with Crippen molar-refractivity contribution in [3.8, 4) is 22.5 Å². The number of piperidine rings is 3. The molecule has 18 nitrogen and oxygen atoms in total. The third kappa shape index (κ3) is 28.3. The molecule has 3 aliphatic heterocycles. The van der Waals surface area contributed by atoms with E-state index in [1.165, 1.54) is 46.9 Å². The zero-order chi connectivity index (χ0) is 59.9. The average Bonchev–Trinajstić information content (AvgIpc) is 4.19. The number of benzene rings is 4. The summed E-state index contributed by atoms with van der Waals surface area (Å²) in [5, 5.41) is 41.8. The van der Waals surface area contributed by atoms with Gasteiger partial charge in [-0.3, -0.25) is 34.6 Å². The zero-order valence-corrected chi connectivity index (χ0v) is 51.4. The van der Waals surface area contributed by atoms with Crippen LogP contribution in [0.25, 0.3) is 22.5 Å². The normalized spacial score (nSPS) is 13.6. The van der Waals surface area contributed by atoms with Crippen LogP contribution in [0.5, 0.6) is 0 Å². The van der Waals surface area contributed by atoms with Crippen molar-refractivity contribution in [3.63, 3.8) is 0 Å². The quantitative estimate of drug-likeness (QED) is 0.0447. The summed E-state index contributed by atoms with van der Waals surface area (Å²) in [6.07, 6.45) is 3.01. The summed E-state index contributed by atoms with van der Waals surface area (Å²) in [7, 11) is 3.53. The predicted molar refractivity (Wildman–Crippen MR) is 332 cm³/mol. The molecule has 6 aromatic rings. The first kappa shape index (κ1) is 74.7. The van der Waals surface area contributed by atoms with Crippen LogP contribution in [0.3, 0.4) is 0 Å². The minimum Gasteiger partial charge on any atom is -0.478 e. The number of carbonyl (C=O) groups excluding carboxylic acids is 5. The standard InChI is InChI=1S/C22H19N3O3S.C17H12N2O3S.C6H11NO2.C5H11NO2.4C2H6.BH2OP.ClH/c26-18-10-12-25(13-11-18)21(28)17-8-6-16(7-9-17)20(27)24-22-23-19(14-29-22)15-4-2-1-3-5-15;20-15(12-6-8-13(9-7-12)16(21)22)19-17-18-14(10-23-17)11-4-2-1-3-5-11;1-9-7-4-2-6(8)3-5-7;7-5(8)1-3-6-4-2-5;4*1-2;2-1-3;/h1-9,14H,10-13H2,(H,23,24,27);1-10H,(H,21,22)(H,18,19,20);2-5H2,1H3;6-8H,1-4H2;4*1-2H3;3H2;1H. The second-order valence-electron chi connectivity index (χ2n) is 16.0. The molecular weight excluding hydrogens is 1110 g/mol. The summed E-state index contributed by atoms with van der Waals surface area (Å²) in [5.41, 5.74) is 5.07. The van der Waals surface area contributed by atoms with Gasteiger partial charge in [-0.15, -0.1) is 35.1 Å². The molecule has 9 rings (SSSR count). The Morgan fingerprint density at radius 3 is 1.28 bits per heavy atom. The van der Waals surface area contributed by atoms with Gasteiger partial charge in [-0.25, -0.2) is 14.8 Å². The number of Topliss-reactive ketones (excluding diaryl/α,β-unsaturated/α-hetero) is 2. The van der Waals surface area contributed by atoms with Gasteiger partial charge in [-0.2, -0.15) is 5.06 Å². The molecule has 3 amide bonds. The number of hydroxylamine groups is 2. The van der Waals surface area contributed by atoms with Crippen LogP contribution < -0.4 is 16.0 Å². The number of hydrogen-bond donors (Lipinski definition) is 6. The Bertz CT molecular complexity index is 2710. The number of aliphatic hydroxyl groups is 2. The Labute approximate surface area is 494 Å². The van der Waals surface area contributed by atoms with Crippen LogP contribution in [-0.2, 0) is 19.1 Å². The van der Waals surface area contributed by atoms with Crippen molar-refractivity contribution in [2.24, 2.45) is 0 Å². The van der Waals surface area contributed by atoms with Crippen LogP contribution in [0, 0.1) is 0 Å². The molecule has 3 aliphatic rings. The molecule has 81 heavy (non-hydrogen) atoms. The Balaban J connectivity index is 0.00000109. The van der Waals surface area contributed by atoms with E-state index in [0.29, 0.717) is 104 Å². The number of carboxylic acid groups (broad SMARTS) is 1. The average molecular weight is 1190 g/mol. The predicted octanol–water partition coefficient (Wildman–Crippen LogP) is 11.2. The number of aromatic nitrogens is 2. The Kier molecular flexibility index (Phi) is 40.1. The first-order valence-corrected chi connectivity index (χ1v) is 29.1. The number of carboxylic acids is 1. The molecule has 0 aliphatic carbocycles. The maximum atomic E-state index is 12.5. The molecule has 0 spiro atoms. The van der Waals surface area contributed by atoms with E-state index in [1.807, 2.05) is 136 Å². The molecule has 3 saturated heterocycles. The molecular formula is C58H80BClN7O11PS2. The van der Waals surface area contributed by atoms with Crippen molar-refractivity contribution >= 4 is 96.6 Å². The number of nitrogens with zero attached hydrogens (tertiary/aromatic N) is 4. The number of halogens is 1. The van der Waals surface area contributed by atoms with Gasteiger partial charge in [0.2, 0.25) is 0 Å². The van der Waals surface area contributed by atoms with Gasteiger partial charge in [0.1, 0.15) is 11.6 Å². The van der Waals surface area contributed by atoms with Crippen LogP contribution in [0.15, 0.2) is 120 Å². The maximum absolute atomic E-state index is 12.5. The van der Waals surface area contributed by atoms with Gasteiger partial charge in [0.05, 0.1) is 24.1 Å². The molecule has 0 radical (unpaired) electrons. The number of hydrogen-bond acceptors (Lipinski definition) is 16. The van der Waals surface area contributed by atoms with E-state index in [9.17, 15) is 28.8 Å². The first-order valence-electron chi connectivity index (χ1n) is 26.7. The summed E-state index contributed by atoms with van der Waals surface area (Å²) in [4.78, 5) is 85.4. The number of aromatic carboxylic acids is 1. The van der Waals surface area contributed by atoms with Crippen LogP contribution in [-0.4, -0.2) is 130 Å². The molecule has 0 bridgehead atoms. The third-order valence-electron chi connectivity index (χ3n) is 10.9. The summed E-state index contributed by atoms with van der Waals surface area (Å²) < 4.78 is 8.77. The van der Waals surface area contributed by atoms with Gasteiger partial charge in [-0.1, -0.05) is 116 Å². The van der Waals surface area contributed by atoms with E-state index < -0.39 is 11.8 Å². The van der Waals surface area contributed by atoms with Crippen molar-refractivity contribution in [1.82, 2.24) is 25.2 Å². The fraction of sp³-hybridized carbons (Fsp3) is 0.379. The van der Waals surface area contributed by atoms with Gasteiger partial charge in [0, 0.05) is 116 Å². The molecule has 4 aromatic carbocycles. The second-order valence-corrected chi connectivity index (χ2v) is 18.0. The van der Waals surface area contributed by atoms with Crippen molar-refractivity contribution in [3.05, 3.63) is 142 Å².